The highest BCUT2D eigenvalue weighted by molar-refractivity contribution is 5.45. The number of hydrogen-bond donors (Lipinski definition) is 1. The summed E-state index contributed by atoms with van der Waals surface area (Å²) in [6.07, 6.45) is 6.83. The Morgan fingerprint density at radius 3 is 3.14 bits per heavy atom. The molecule has 0 fully saturated rings. The molecule has 2 heterocycles. The molecular weight excluding hydrogens is 174 g/mol. The molecule has 74 valence electrons. The number of nitrogens with zero attached hydrogens (tertiary/aromatic N) is 2. The molecule has 0 bridgehead atoms. The second-order valence-corrected chi connectivity index (χ2v) is 3.81. The fourth-order valence-corrected chi connectivity index (χ4v) is 1.57. The molecule has 3 nitrogen and oxygen atoms in total. The highest BCUT2D eigenvalue weighted by atomic mass is 15.0. The van der Waals surface area contributed by atoms with Gasteiger partial charge in [0.25, 0.3) is 0 Å². The Hall–Kier alpha value is -1.35. The van der Waals surface area contributed by atoms with Crippen LogP contribution in [0, 0.1) is 5.92 Å². The molecular formula is C11H15N3. The van der Waals surface area contributed by atoms with Crippen LogP contribution in [0.25, 0.3) is 5.52 Å². The number of nitrogens with two attached hydrogens (primary N) is 1. The minimum absolute atomic E-state index is 0.538. The van der Waals surface area contributed by atoms with E-state index < -0.39 is 0 Å². The third-order valence-electron chi connectivity index (χ3n) is 2.46. The van der Waals surface area contributed by atoms with Gasteiger partial charge >= 0.3 is 0 Å². The third kappa shape index (κ3) is 1.77. The Morgan fingerprint density at radius 1 is 1.50 bits per heavy atom. The maximum atomic E-state index is 5.59. The molecule has 0 aromatic carbocycles. The lowest BCUT2D eigenvalue weighted by Crippen LogP contribution is -2.13. The molecule has 2 aromatic heterocycles. The predicted molar refractivity (Wildman–Crippen MR) is 57.1 cm³/mol. The first-order valence-corrected chi connectivity index (χ1v) is 4.90. The Kier molecular flexibility index (Phi) is 2.50. The molecule has 3 heteroatoms. The molecule has 0 aliphatic rings. The monoisotopic (exact) mass is 189 g/mol. The first kappa shape index (κ1) is 9.21. The first-order valence-electron chi connectivity index (χ1n) is 4.90. The number of hydrogen-bond acceptors (Lipinski definition) is 2. The van der Waals surface area contributed by atoms with E-state index in [1.54, 1.807) is 0 Å². The summed E-state index contributed by atoms with van der Waals surface area (Å²) in [5, 5.41) is 0. The van der Waals surface area contributed by atoms with Crippen molar-refractivity contribution in [3.63, 3.8) is 0 Å². The van der Waals surface area contributed by atoms with Crippen LogP contribution >= 0.6 is 0 Å². The number of pyridine rings is 1. The summed E-state index contributed by atoms with van der Waals surface area (Å²) in [7, 11) is 0. The smallest absolute Gasteiger partial charge is 0.0992 e. The topological polar surface area (TPSA) is 43.3 Å². The summed E-state index contributed by atoms with van der Waals surface area (Å²) in [6, 6.07) is 4.23. The van der Waals surface area contributed by atoms with Crippen LogP contribution in [0.4, 0.5) is 0 Å². The fraction of sp³-hybridized carbons (Fsp3) is 0.364. The minimum atomic E-state index is 0.538. The first-order chi connectivity index (χ1) is 6.79. The van der Waals surface area contributed by atoms with Crippen LogP contribution in [0.15, 0.2) is 30.9 Å². The van der Waals surface area contributed by atoms with Gasteiger partial charge in [-0.05, 0) is 30.5 Å². The fourth-order valence-electron chi connectivity index (χ4n) is 1.57. The van der Waals surface area contributed by atoms with Crippen molar-refractivity contribution >= 4 is 5.52 Å². The van der Waals surface area contributed by atoms with E-state index in [4.69, 9.17) is 5.73 Å². The van der Waals surface area contributed by atoms with Crippen molar-refractivity contribution in [1.29, 1.82) is 0 Å². The van der Waals surface area contributed by atoms with Crippen LogP contribution in [-0.4, -0.2) is 15.9 Å². The maximum absolute atomic E-state index is 5.59. The van der Waals surface area contributed by atoms with Gasteiger partial charge in [-0.15, -0.1) is 0 Å². The second kappa shape index (κ2) is 3.80. The van der Waals surface area contributed by atoms with E-state index >= 15 is 0 Å². The average molecular weight is 189 g/mol. The molecule has 2 rings (SSSR count). The van der Waals surface area contributed by atoms with Crippen LogP contribution in [-0.2, 0) is 6.42 Å². The van der Waals surface area contributed by atoms with Crippen LogP contribution in [0.3, 0.4) is 0 Å². The van der Waals surface area contributed by atoms with E-state index in [9.17, 15) is 0 Å². The molecule has 0 radical (unpaired) electrons. The van der Waals surface area contributed by atoms with Crippen molar-refractivity contribution in [3.05, 3.63) is 36.4 Å². The number of rotatable bonds is 3. The quantitative estimate of drug-likeness (QED) is 0.794. The lowest BCUT2D eigenvalue weighted by Gasteiger charge is -2.08. The largest absolute Gasteiger partial charge is 0.330 e. The van der Waals surface area contributed by atoms with Gasteiger partial charge in [0.15, 0.2) is 0 Å². The van der Waals surface area contributed by atoms with Gasteiger partial charge in [-0.2, -0.15) is 0 Å². The molecule has 0 saturated carbocycles. The minimum Gasteiger partial charge on any atom is -0.330 e. The summed E-state index contributed by atoms with van der Waals surface area (Å²) in [5.74, 6) is 0.538. The third-order valence-corrected chi connectivity index (χ3v) is 2.46. The van der Waals surface area contributed by atoms with Crippen molar-refractivity contribution in [2.75, 3.05) is 6.54 Å². The highest BCUT2D eigenvalue weighted by Gasteiger charge is 2.02. The molecule has 2 aromatic rings. The van der Waals surface area contributed by atoms with Gasteiger partial charge in [0.2, 0.25) is 0 Å². The summed E-state index contributed by atoms with van der Waals surface area (Å²) in [6.45, 7) is 2.90. The Morgan fingerprint density at radius 2 is 2.36 bits per heavy atom. The van der Waals surface area contributed by atoms with Gasteiger partial charge in [-0.25, -0.2) is 4.98 Å². The lowest BCUT2D eigenvalue weighted by molar-refractivity contribution is 0.591. The van der Waals surface area contributed by atoms with E-state index in [0.717, 1.165) is 18.5 Å². The van der Waals surface area contributed by atoms with Crippen LogP contribution in [0.2, 0.25) is 0 Å². The Balaban J connectivity index is 2.25. The summed E-state index contributed by atoms with van der Waals surface area (Å²) >= 11 is 0. The van der Waals surface area contributed by atoms with E-state index in [-0.39, 0.29) is 0 Å². The van der Waals surface area contributed by atoms with Gasteiger partial charge < -0.3 is 10.1 Å². The van der Waals surface area contributed by atoms with Crippen LogP contribution in [0.5, 0.6) is 0 Å². The number of fused-ring (bicyclic) bond motifs is 1. The zero-order valence-corrected chi connectivity index (χ0v) is 8.35. The van der Waals surface area contributed by atoms with Crippen molar-refractivity contribution < 1.29 is 0 Å². The zero-order valence-electron chi connectivity index (χ0n) is 8.35. The van der Waals surface area contributed by atoms with E-state index in [1.165, 1.54) is 5.56 Å². The summed E-state index contributed by atoms with van der Waals surface area (Å²) < 4.78 is 2.04. The molecule has 2 N–H and O–H groups in total. The van der Waals surface area contributed by atoms with E-state index in [1.807, 2.05) is 16.9 Å². The van der Waals surface area contributed by atoms with Crippen molar-refractivity contribution in [3.8, 4) is 0 Å². The average Bonchev–Trinajstić information content (AvgIpc) is 2.64. The normalized spacial score (nSPS) is 13.3. The number of imidazole rings is 1. The van der Waals surface area contributed by atoms with Crippen molar-refractivity contribution in [2.24, 2.45) is 11.7 Å². The Labute approximate surface area is 83.6 Å². The standard InChI is InChI=1S/C11H15N3/c1-9(5-12)4-10-2-3-11-6-13-8-14(11)7-10/h2-3,6-9H,4-5,12H2,1H3. The SMILES string of the molecule is CC(CN)Cc1ccc2cncn2c1. The van der Waals surface area contributed by atoms with E-state index in [2.05, 4.69) is 30.2 Å². The lowest BCUT2D eigenvalue weighted by atomic mass is 10.0. The summed E-state index contributed by atoms with van der Waals surface area (Å²) in [4.78, 5) is 4.08. The molecule has 1 unspecified atom stereocenters. The van der Waals surface area contributed by atoms with Gasteiger partial charge in [0.1, 0.15) is 0 Å². The molecule has 0 saturated heterocycles. The number of aromatic nitrogens is 2. The predicted octanol–water partition coefficient (Wildman–Crippen LogP) is 1.47. The Bertz CT molecular complexity index is 419. The summed E-state index contributed by atoms with van der Waals surface area (Å²) in [5.41, 5.74) is 8.04. The van der Waals surface area contributed by atoms with Gasteiger partial charge in [-0.3, -0.25) is 0 Å². The molecule has 1 atom stereocenters. The second-order valence-electron chi connectivity index (χ2n) is 3.81. The van der Waals surface area contributed by atoms with Gasteiger partial charge in [0, 0.05) is 6.20 Å². The van der Waals surface area contributed by atoms with Crippen molar-refractivity contribution in [1.82, 2.24) is 9.38 Å². The van der Waals surface area contributed by atoms with Gasteiger partial charge in [0.05, 0.1) is 18.0 Å². The zero-order chi connectivity index (χ0) is 9.97. The molecule has 0 aliphatic carbocycles. The maximum Gasteiger partial charge on any atom is 0.0992 e. The van der Waals surface area contributed by atoms with Gasteiger partial charge in [-0.1, -0.05) is 13.0 Å². The molecule has 0 amide bonds. The molecule has 0 aliphatic heterocycles. The van der Waals surface area contributed by atoms with Crippen LogP contribution < -0.4 is 5.73 Å². The molecule has 14 heavy (non-hydrogen) atoms. The highest BCUT2D eigenvalue weighted by Crippen LogP contribution is 2.10. The van der Waals surface area contributed by atoms with Crippen LogP contribution in [0.1, 0.15) is 12.5 Å². The van der Waals surface area contributed by atoms with Crippen molar-refractivity contribution in [2.45, 2.75) is 13.3 Å². The van der Waals surface area contributed by atoms with E-state index in [0.29, 0.717) is 5.92 Å². The molecule has 0 spiro atoms.